The average Bonchev–Trinajstić information content (AvgIpc) is 3.07. The first kappa shape index (κ1) is 19.2. The number of para-hydroxylation sites is 2. The Morgan fingerprint density at radius 2 is 1.86 bits per heavy atom. The fourth-order valence-electron chi connectivity index (χ4n) is 3.56. The first-order chi connectivity index (χ1) is 14.0. The first-order valence-corrected chi connectivity index (χ1v) is 9.96. The Bertz CT molecular complexity index is 1180. The van der Waals surface area contributed by atoms with Gasteiger partial charge in [0.1, 0.15) is 5.82 Å². The molecule has 0 saturated carbocycles. The minimum absolute atomic E-state index is 0.172. The van der Waals surface area contributed by atoms with Gasteiger partial charge in [-0.2, -0.15) is 0 Å². The number of carbonyl (C=O) groups excluding carboxylic acids is 1. The molecule has 3 aromatic carbocycles. The number of nitrogens with zero attached hydrogens (tertiary/aromatic N) is 2. The van der Waals surface area contributed by atoms with Gasteiger partial charge in [-0.25, -0.2) is 4.98 Å². The largest absolute Gasteiger partial charge is 0.342 e. The number of rotatable bonds is 5. The van der Waals surface area contributed by atoms with Crippen molar-refractivity contribution >= 4 is 28.5 Å². The number of aromatic nitrogens is 2. The van der Waals surface area contributed by atoms with Crippen molar-refractivity contribution in [3.05, 3.63) is 100 Å². The van der Waals surface area contributed by atoms with Crippen LogP contribution in [0.4, 0.5) is 0 Å². The number of imidazole rings is 1. The topological polar surface area (TPSA) is 46.9 Å². The molecule has 5 heteroatoms. The van der Waals surface area contributed by atoms with E-state index < -0.39 is 0 Å². The predicted octanol–water partition coefficient (Wildman–Crippen LogP) is 5.54. The van der Waals surface area contributed by atoms with Gasteiger partial charge in [0.15, 0.2) is 0 Å². The van der Waals surface area contributed by atoms with Gasteiger partial charge in [-0.3, -0.25) is 4.79 Å². The zero-order valence-electron chi connectivity index (χ0n) is 16.4. The molecule has 0 fully saturated rings. The smallest absolute Gasteiger partial charge is 0.251 e. The van der Waals surface area contributed by atoms with Crippen LogP contribution in [0, 0.1) is 6.92 Å². The summed E-state index contributed by atoms with van der Waals surface area (Å²) in [6, 6.07) is 23.2. The summed E-state index contributed by atoms with van der Waals surface area (Å²) in [6.45, 7) is 4.73. The summed E-state index contributed by atoms with van der Waals surface area (Å²) >= 11 is 6.03. The Morgan fingerprint density at radius 3 is 2.66 bits per heavy atom. The molecule has 0 aliphatic carbocycles. The molecule has 0 saturated heterocycles. The molecule has 1 heterocycles. The zero-order valence-corrected chi connectivity index (χ0v) is 17.1. The number of carbonyl (C=O) groups is 1. The number of fused-ring (bicyclic) bond motifs is 1. The number of nitrogens with one attached hydrogen (secondary N) is 1. The van der Waals surface area contributed by atoms with Crippen molar-refractivity contribution in [3.8, 4) is 0 Å². The molecule has 146 valence electrons. The van der Waals surface area contributed by atoms with Crippen molar-refractivity contribution in [2.24, 2.45) is 0 Å². The summed E-state index contributed by atoms with van der Waals surface area (Å²) < 4.78 is 2.17. The van der Waals surface area contributed by atoms with E-state index in [1.165, 1.54) is 11.1 Å². The van der Waals surface area contributed by atoms with E-state index in [1.807, 2.05) is 25.1 Å². The summed E-state index contributed by atoms with van der Waals surface area (Å²) in [5.74, 6) is 0.650. The van der Waals surface area contributed by atoms with E-state index >= 15 is 0 Å². The lowest BCUT2D eigenvalue weighted by atomic mass is 10.1. The highest BCUT2D eigenvalue weighted by atomic mass is 35.5. The maximum Gasteiger partial charge on any atom is 0.251 e. The second-order valence-corrected chi connectivity index (χ2v) is 7.68. The molecule has 1 aromatic heterocycles. The third-order valence-corrected chi connectivity index (χ3v) is 5.16. The number of hydrogen-bond donors (Lipinski definition) is 1. The summed E-state index contributed by atoms with van der Waals surface area (Å²) in [5.41, 5.74) is 4.91. The predicted molar refractivity (Wildman–Crippen MR) is 117 cm³/mol. The Balaban J connectivity index is 1.68. The van der Waals surface area contributed by atoms with Gasteiger partial charge in [-0.15, -0.1) is 0 Å². The molecule has 0 aliphatic heterocycles. The van der Waals surface area contributed by atoms with Crippen LogP contribution < -0.4 is 5.32 Å². The molecule has 29 heavy (non-hydrogen) atoms. The minimum atomic E-state index is -0.265. The first-order valence-electron chi connectivity index (χ1n) is 9.58. The second-order valence-electron chi connectivity index (χ2n) is 7.24. The van der Waals surface area contributed by atoms with E-state index in [2.05, 4.69) is 47.1 Å². The van der Waals surface area contributed by atoms with Crippen LogP contribution >= 0.6 is 11.6 Å². The van der Waals surface area contributed by atoms with Gasteiger partial charge in [-0.1, -0.05) is 59.6 Å². The van der Waals surface area contributed by atoms with Crippen LogP contribution in [-0.4, -0.2) is 15.5 Å². The van der Waals surface area contributed by atoms with Gasteiger partial charge in [0, 0.05) is 17.1 Å². The molecule has 1 amide bonds. The van der Waals surface area contributed by atoms with E-state index in [0.717, 1.165) is 16.9 Å². The van der Waals surface area contributed by atoms with Gasteiger partial charge in [-0.05, 0) is 49.7 Å². The lowest BCUT2D eigenvalue weighted by Crippen LogP contribution is -2.28. The van der Waals surface area contributed by atoms with Crippen LogP contribution in [-0.2, 0) is 6.54 Å². The molecule has 4 aromatic rings. The summed E-state index contributed by atoms with van der Waals surface area (Å²) in [4.78, 5) is 17.5. The third-order valence-electron chi connectivity index (χ3n) is 4.93. The van der Waals surface area contributed by atoms with Crippen LogP contribution in [0.2, 0.25) is 5.02 Å². The fraction of sp³-hybridized carbons (Fsp3) is 0.167. The molecule has 0 spiro atoms. The van der Waals surface area contributed by atoms with Crippen molar-refractivity contribution in [2.45, 2.75) is 26.4 Å². The maximum absolute atomic E-state index is 12.7. The number of aryl methyl sites for hydroxylation is 1. The summed E-state index contributed by atoms with van der Waals surface area (Å²) in [5, 5.41) is 3.60. The van der Waals surface area contributed by atoms with Crippen molar-refractivity contribution in [1.29, 1.82) is 0 Å². The fourth-order valence-corrected chi connectivity index (χ4v) is 3.75. The number of hydrogen-bond acceptors (Lipinski definition) is 2. The Kier molecular flexibility index (Phi) is 5.36. The third kappa shape index (κ3) is 4.17. The Morgan fingerprint density at radius 1 is 1.07 bits per heavy atom. The molecule has 0 bridgehead atoms. The summed E-state index contributed by atoms with van der Waals surface area (Å²) in [7, 11) is 0. The highest BCUT2D eigenvalue weighted by Crippen LogP contribution is 2.23. The molecular weight excluding hydrogens is 382 g/mol. The van der Waals surface area contributed by atoms with E-state index in [1.54, 1.807) is 24.3 Å². The number of amides is 1. The van der Waals surface area contributed by atoms with E-state index in [9.17, 15) is 4.79 Å². The van der Waals surface area contributed by atoms with Gasteiger partial charge >= 0.3 is 0 Å². The maximum atomic E-state index is 12.7. The lowest BCUT2D eigenvalue weighted by Gasteiger charge is -2.17. The highest BCUT2D eigenvalue weighted by Gasteiger charge is 2.19. The monoisotopic (exact) mass is 403 g/mol. The SMILES string of the molecule is Cc1cccc(Cn2c(C(C)NC(=O)c3cccc(Cl)c3)nc3ccccc32)c1. The van der Waals surface area contributed by atoms with Crippen LogP contribution in [0.3, 0.4) is 0 Å². The minimum Gasteiger partial charge on any atom is -0.342 e. The van der Waals surface area contributed by atoms with Gasteiger partial charge in [0.2, 0.25) is 0 Å². The van der Waals surface area contributed by atoms with Crippen LogP contribution in [0.25, 0.3) is 11.0 Å². The van der Waals surface area contributed by atoms with Crippen LogP contribution in [0.5, 0.6) is 0 Å². The molecule has 4 rings (SSSR count). The van der Waals surface area contributed by atoms with Crippen molar-refractivity contribution in [3.63, 3.8) is 0 Å². The van der Waals surface area contributed by atoms with Gasteiger partial charge in [0.25, 0.3) is 5.91 Å². The van der Waals surface area contributed by atoms with Crippen LogP contribution in [0.1, 0.15) is 40.3 Å². The van der Waals surface area contributed by atoms with Gasteiger partial charge < -0.3 is 9.88 Å². The molecule has 1 unspecified atom stereocenters. The molecule has 0 aliphatic rings. The van der Waals surface area contributed by atoms with Crippen LogP contribution in [0.15, 0.2) is 72.8 Å². The van der Waals surface area contributed by atoms with Crippen molar-refractivity contribution < 1.29 is 4.79 Å². The Hall–Kier alpha value is -3.11. The lowest BCUT2D eigenvalue weighted by molar-refractivity contribution is 0.0938. The number of benzene rings is 3. The van der Waals surface area contributed by atoms with E-state index in [4.69, 9.17) is 16.6 Å². The van der Waals surface area contributed by atoms with Crippen molar-refractivity contribution in [2.75, 3.05) is 0 Å². The standard InChI is InChI=1S/C24H22ClN3O/c1-16-7-5-8-18(13-16)15-28-22-12-4-3-11-21(22)27-23(28)17(2)26-24(29)19-9-6-10-20(25)14-19/h3-14,17H,15H2,1-2H3,(H,26,29). The molecule has 0 radical (unpaired) electrons. The van der Waals surface area contributed by atoms with Crippen molar-refractivity contribution in [1.82, 2.24) is 14.9 Å². The molecule has 1 atom stereocenters. The average molecular weight is 404 g/mol. The number of halogens is 1. The Labute approximate surface area is 175 Å². The quantitative estimate of drug-likeness (QED) is 0.475. The normalized spacial score (nSPS) is 12.1. The van der Waals surface area contributed by atoms with Gasteiger partial charge in [0.05, 0.1) is 17.1 Å². The highest BCUT2D eigenvalue weighted by molar-refractivity contribution is 6.30. The molecule has 4 nitrogen and oxygen atoms in total. The zero-order chi connectivity index (χ0) is 20.4. The summed E-state index contributed by atoms with van der Waals surface area (Å²) in [6.07, 6.45) is 0. The van der Waals surface area contributed by atoms with E-state index in [0.29, 0.717) is 17.1 Å². The molecule has 1 N–H and O–H groups in total. The second kappa shape index (κ2) is 8.10. The molecular formula is C24H22ClN3O. The van der Waals surface area contributed by atoms with E-state index in [-0.39, 0.29) is 11.9 Å².